The second-order valence-corrected chi connectivity index (χ2v) is 13.4. The minimum Gasteiger partial charge on any atom is -0.455 e. The number of ether oxygens (including phenoxy) is 1. The van der Waals surface area contributed by atoms with Crippen LogP contribution in [0.5, 0.6) is 11.5 Å². The van der Waals surface area contributed by atoms with E-state index in [0.717, 1.165) is 22.6 Å². The number of hydrogen-bond acceptors (Lipinski definition) is 1. The van der Waals surface area contributed by atoms with E-state index < -0.39 is 0 Å². The predicted octanol–water partition coefficient (Wildman–Crippen LogP) is 12.9. The number of hydrogen-bond donors (Lipinski definition) is 0. The second kappa shape index (κ2) is 10.4. The van der Waals surface area contributed by atoms with Gasteiger partial charge in [0, 0.05) is 21.9 Å². The summed E-state index contributed by atoms with van der Waals surface area (Å²) in [5, 5.41) is 7.54. The zero-order chi connectivity index (χ0) is 31.7. The van der Waals surface area contributed by atoms with Crippen LogP contribution in [0.15, 0.2) is 152 Å². The molecule has 1 nitrogen and oxygen atoms in total. The smallest absolute Gasteiger partial charge is 0.143 e. The van der Waals surface area contributed by atoms with Gasteiger partial charge < -0.3 is 4.74 Å². The maximum Gasteiger partial charge on any atom is 0.143 e. The van der Waals surface area contributed by atoms with Crippen LogP contribution in [0.1, 0.15) is 30.5 Å². The average Bonchev–Trinajstić information content (AvgIpc) is 3.33. The molecule has 47 heavy (non-hydrogen) atoms. The van der Waals surface area contributed by atoms with Gasteiger partial charge in [-0.2, -0.15) is 0 Å². The summed E-state index contributed by atoms with van der Waals surface area (Å²) in [5.74, 6) is 1.88. The van der Waals surface area contributed by atoms with Crippen molar-refractivity contribution in [3.63, 3.8) is 0 Å². The van der Waals surface area contributed by atoms with Crippen LogP contribution >= 0.6 is 0 Å². The van der Waals surface area contributed by atoms with Crippen molar-refractivity contribution in [3.8, 4) is 44.9 Å². The van der Waals surface area contributed by atoms with Crippen molar-refractivity contribution in [2.24, 2.45) is 0 Å². The molecule has 0 saturated carbocycles. The third kappa shape index (κ3) is 4.31. The van der Waals surface area contributed by atoms with E-state index in [1.54, 1.807) is 0 Å². The minimum absolute atomic E-state index is 0.0422. The van der Waals surface area contributed by atoms with E-state index in [9.17, 15) is 0 Å². The average molecular weight is 603 g/mol. The van der Waals surface area contributed by atoms with E-state index in [4.69, 9.17) is 4.74 Å². The molecule has 8 aromatic rings. The van der Waals surface area contributed by atoms with E-state index in [-0.39, 0.29) is 5.41 Å². The summed E-state index contributed by atoms with van der Waals surface area (Å²) in [6, 6.07) is 54.5. The normalized spacial score (nSPS) is 13.3. The summed E-state index contributed by atoms with van der Waals surface area (Å²) in [6.45, 7) is 6.87. The summed E-state index contributed by atoms with van der Waals surface area (Å²) in [4.78, 5) is 0. The highest BCUT2D eigenvalue weighted by molar-refractivity contribution is 6.16. The zero-order valence-electron chi connectivity index (χ0n) is 26.8. The number of rotatable bonds is 1. The van der Waals surface area contributed by atoms with Crippen molar-refractivity contribution in [1.82, 2.24) is 0 Å². The Hall–Kier alpha value is -5.66. The van der Waals surface area contributed by atoms with E-state index >= 15 is 0 Å². The number of fused-ring (bicyclic) bond motifs is 8. The van der Waals surface area contributed by atoms with Gasteiger partial charge >= 0.3 is 0 Å². The SMILES string of the molecule is Cc1ccc2c(c1)C(C)(C)c1cc(-c3cccc4c3Oc3cc5ccccc5c5cccc-4c35)ccc1-2.c1ccc2ccccc2c1. The Bertz CT molecular complexity index is 2470. The molecule has 10 rings (SSSR count). The summed E-state index contributed by atoms with van der Waals surface area (Å²) in [6.07, 6.45) is 0. The fraction of sp³-hybridized carbons (Fsp3) is 0.0870. The van der Waals surface area contributed by atoms with Crippen LogP contribution in [0.2, 0.25) is 0 Å². The summed E-state index contributed by atoms with van der Waals surface area (Å²) >= 11 is 0. The topological polar surface area (TPSA) is 9.23 Å². The first-order valence-corrected chi connectivity index (χ1v) is 16.4. The molecule has 0 fully saturated rings. The largest absolute Gasteiger partial charge is 0.455 e. The predicted molar refractivity (Wildman–Crippen MR) is 199 cm³/mol. The quantitative estimate of drug-likeness (QED) is 0.170. The standard InChI is InChI=1S/C36H26O.C10H8/c1-21-14-16-26-27-17-15-23(19-32(27)36(2,3)31(26)18-21)25-10-6-13-30-29-12-7-11-28-24-9-5-4-8-22(24)20-33(34(28)29)37-35(25)30;1-2-6-10-8-4-3-7-9(10)5-1/h4-20H,1-3H3;1-8H. The highest BCUT2D eigenvalue weighted by atomic mass is 16.5. The van der Waals surface area contributed by atoms with Gasteiger partial charge in [-0.15, -0.1) is 0 Å². The third-order valence-electron chi connectivity index (χ3n) is 10.2. The molecule has 1 aliphatic heterocycles. The van der Waals surface area contributed by atoms with E-state index in [1.165, 1.54) is 71.3 Å². The lowest BCUT2D eigenvalue weighted by molar-refractivity contribution is 0.489. The molecule has 0 radical (unpaired) electrons. The van der Waals surface area contributed by atoms with E-state index in [0.29, 0.717) is 0 Å². The molecule has 0 spiro atoms. The molecule has 0 bridgehead atoms. The fourth-order valence-electron chi connectivity index (χ4n) is 7.78. The van der Waals surface area contributed by atoms with Crippen LogP contribution in [0.3, 0.4) is 0 Å². The lowest BCUT2D eigenvalue weighted by Crippen LogP contribution is -2.15. The first-order valence-electron chi connectivity index (χ1n) is 16.4. The zero-order valence-corrected chi connectivity index (χ0v) is 26.8. The van der Waals surface area contributed by atoms with Crippen molar-refractivity contribution >= 4 is 32.3 Å². The van der Waals surface area contributed by atoms with Crippen LogP contribution in [0.25, 0.3) is 65.7 Å². The van der Waals surface area contributed by atoms with Crippen LogP contribution in [-0.4, -0.2) is 0 Å². The summed E-state index contributed by atoms with van der Waals surface area (Å²) in [5.41, 5.74) is 11.5. The molecule has 0 unspecified atom stereocenters. The van der Waals surface area contributed by atoms with E-state index in [2.05, 4.69) is 172 Å². The maximum atomic E-state index is 6.79. The monoisotopic (exact) mass is 602 g/mol. The van der Waals surface area contributed by atoms with Crippen molar-refractivity contribution in [1.29, 1.82) is 0 Å². The molecule has 0 aromatic heterocycles. The molecule has 0 amide bonds. The van der Waals surface area contributed by atoms with Crippen LogP contribution in [-0.2, 0) is 5.41 Å². The van der Waals surface area contributed by atoms with Gasteiger partial charge in [0.2, 0.25) is 0 Å². The summed E-state index contributed by atoms with van der Waals surface area (Å²) < 4.78 is 6.79. The van der Waals surface area contributed by atoms with Gasteiger partial charge in [0.15, 0.2) is 0 Å². The molecule has 1 heterocycles. The number of benzene rings is 8. The van der Waals surface area contributed by atoms with E-state index in [1.807, 2.05) is 0 Å². The van der Waals surface area contributed by atoms with Crippen molar-refractivity contribution < 1.29 is 4.74 Å². The van der Waals surface area contributed by atoms with Gasteiger partial charge in [-0.1, -0.05) is 159 Å². The van der Waals surface area contributed by atoms with Crippen molar-refractivity contribution in [3.05, 3.63) is 168 Å². The third-order valence-corrected chi connectivity index (χ3v) is 10.2. The fourth-order valence-corrected chi connectivity index (χ4v) is 7.78. The maximum absolute atomic E-state index is 6.79. The Morgan fingerprint density at radius 2 is 1.02 bits per heavy atom. The Labute approximate surface area is 275 Å². The highest BCUT2D eigenvalue weighted by Crippen LogP contribution is 2.54. The van der Waals surface area contributed by atoms with Crippen molar-refractivity contribution in [2.45, 2.75) is 26.2 Å². The second-order valence-electron chi connectivity index (χ2n) is 13.4. The van der Waals surface area contributed by atoms with Crippen LogP contribution in [0.4, 0.5) is 0 Å². The van der Waals surface area contributed by atoms with Gasteiger partial charge in [-0.3, -0.25) is 0 Å². The Morgan fingerprint density at radius 1 is 0.447 bits per heavy atom. The molecule has 0 N–H and O–H groups in total. The molecule has 0 saturated heterocycles. The Kier molecular flexibility index (Phi) is 6.14. The Balaban J connectivity index is 0.000000258. The lowest BCUT2D eigenvalue weighted by Gasteiger charge is -2.25. The molecular weight excluding hydrogens is 569 g/mol. The minimum atomic E-state index is -0.0422. The van der Waals surface area contributed by atoms with Crippen molar-refractivity contribution in [2.75, 3.05) is 0 Å². The lowest BCUT2D eigenvalue weighted by atomic mass is 9.81. The molecule has 8 aromatic carbocycles. The van der Waals surface area contributed by atoms with Gasteiger partial charge in [-0.25, -0.2) is 0 Å². The van der Waals surface area contributed by atoms with Crippen LogP contribution in [0, 0.1) is 6.92 Å². The molecule has 2 aliphatic rings. The molecular formula is C46H34O. The van der Waals surface area contributed by atoms with Crippen LogP contribution < -0.4 is 4.74 Å². The Morgan fingerprint density at radius 3 is 1.77 bits per heavy atom. The number of aryl methyl sites for hydroxylation is 1. The molecule has 1 heteroatoms. The van der Waals surface area contributed by atoms with Gasteiger partial charge in [0.05, 0.1) is 0 Å². The number of para-hydroxylation sites is 1. The molecule has 1 aliphatic carbocycles. The molecule has 0 atom stereocenters. The summed E-state index contributed by atoms with van der Waals surface area (Å²) in [7, 11) is 0. The van der Waals surface area contributed by atoms with Gasteiger partial charge in [0.1, 0.15) is 11.5 Å². The first-order chi connectivity index (χ1) is 23.0. The molecule has 224 valence electrons. The van der Waals surface area contributed by atoms with Gasteiger partial charge in [0.25, 0.3) is 0 Å². The van der Waals surface area contributed by atoms with Gasteiger partial charge in [-0.05, 0) is 79.4 Å². The highest BCUT2D eigenvalue weighted by Gasteiger charge is 2.36. The first kappa shape index (κ1) is 27.6.